The van der Waals surface area contributed by atoms with E-state index in [1.165, 1.54) is 4.90 Å². The Bertz CT molecular complexity index is 449. The molecular formula is C12H15NO4. The standard InChI is InChI=1S/C12H15NO4/c1-5(2)7-4-8-9(6(3)14)11(15)13(8)10(7)12(16)17/h6,8-9,14H,1,4H2,2-3H3,(H,16,17)/t6-,8-,9-/m1/s1. The molecule has 0 aromatic rings. The summed E-state index contributed by atoms with van der Waals surface area (Å²) in [6, 6.07) is -0.222. The average molecular weight is 237 g/mol. The molecule has 2 aliphatic rings. The van der Waals surface area contributed by atoms with Crippen LogP contribution in [-0.4, -0.2) is 39.1 Å². The third-order valence-electron chi connectivity index (χ3n) is 3.45. The summed E-state index contributed by atoms with van der Waals surface area (Å²) >= 11 is 0. The van der Waals surface area contributed by atoms with E-state index in [2.05, 4.69) is 6.58 Å². The first-order valence-electron chi connectivity index (χ1n) is 5.49. The molecule has 0 saturated carbocycles. The van der Waals surface area contributed by atoms with E-state index in [-0.39, 0.29) is 17.6 Å². The minimum absolute atomic E-state index is 0.0319. The smallest absolute Gasteiger partial charge is 0.352 e. The van der Waals surface area contributed by atoms with Crippen molar-refractivity contribution >= 4 is 11.9 Å². The minimum Gasteiger partial charge on any atom is -0.477 e. The molecule has 3 atom stereocenters. The highest BCUT2D eigenvalue weighted by molar-refractivity contribution is 6.00. The van der Waals surface area contributed by atoms with Crippen LogP contribution < -0.4 is 0 Å². The fraction of sp³-hybridized carbons (Fsp3) is 0.500. The second-order valence-corrected chi connectivity index (χ2v) is 4.66. The summed E-state index contributed by atoms with van der Waals surface area (Å²) in [7, 11) is 0. The van der Waals surface area contributed by atoms with Crippen LogP contribution in [0.2, 0.25) is 0 Å². The zero-order chi connectivity index (χ0) is 12.9. The van der Waals surface area contributed by atoms with Crippen molar-refractivity contribution in [3.8, 4) is 0 Å². The summed E-state index contributed by atoms with van der Waals surface area (Å²) < 4.78 is 0. The first-order valence-corrected chi connectivity index (χ1v) is 5.49. The second-order valence-electron chi connectivity index (χ2n) is 4.66. The van der Waals surface area contributed by atoms with Gasteiger partial charge in [-0.25, -0.2) is 4.79 Å². The van der Waals surface area contributed by atoms with Gasteiger partial charge in [-0.1, -0.05) is 12.2 Å². The Labute approximate surface area is 99.0 Å². The summed E-state index contributed by atoms with van der Waals surface area (Å²) in [6.07, 6.45) is -0.276. The number of aliphatic hydroxyl groups is 1. The molecule has 5 heteroatoms. The van der Waals surface area contributed by atoms with E-state index < -0.39 is 18.0 Å². The highest BCUT2D eigenvalue weighted by atomic mass is 16.4. The number of carbonyl (C=O) groups is 2. The first kappa shape index (κ1) is 11.9. The summed E-state index contributed by atoms with van der Waals surface area (Å²) in [5.74, 6) is -1.90. The molecule has 5 nitrogen and oxygen atoms in total. The summed E-state index contributed by atoms with van der Waals surface area (Å²) in [5.41, 5.74) is 1.30. The largest absolute Gasteiger partial charge is 0.477 e. The lowest BCUT2D eigenvalue weighted by molar-refractivity contribution is -0.161. The van der Waals surface area contributed by atoms with Crippen LogP contribution in [0.25, 0.3) is 0 Å². The molecule has 2 aliphatic heterocycles. The van der Waals surface area contributed by atoms with E-state index in [1.807, 2.05) is 0 Å². The Balaban J connectivity index is 2.36. The number of aliphatic hydroxyl groups excluding tert-OH is 1. The van der Waals surface area contributed by atoms with Crippen molar-refractivity contribution in [1.82, 2.24) is 4.90 Å². The minimum atomic E-state index is -1.11. The SMILES string of the molecule is C=C(C)C1=C(C(=O)O)N2C(=O)[C@H]([C@@H](C)O)[C@H]2C1. The fourth-order valence-corrected chi connectivity index (χ4v) is 2.65. The van der Waals surface area contributed by atoms with Gasteiger partial charge in [-0.05, 0) is 25.8 Å². The van der Waals surface area contributed by atoms with Crippen molar-refractivity contribution in [3.05, 3.63) is 23.4 Å². The highest BCUT2D eigenvalue weighted by Crippen LogP contribution is 2.45. The van der Waals surface area contributed by atoms with Crippen LogP contribution in [0.4, 0.5) is 0 Å². The Morgan fingerprint density at radius 1 is 1.59 bits per heavy atom. The van der Waals surface area contributed by atoms with Crippen LogP contribution in [0.1, 0.15) is 20.3 Å². The Hall–Kier alpha value is -1.62. The molecule has 0 aromatic carbocycles. The molecule has 0 aliphatic carbocycles. The average Bonchev–Trinajstić information content (AvgIpc) is 2.52. The number of β-lactam (4-membered cyclic amide) rings is 1. The number of rotatable bonds is 3. The summed E-state index contributed by atoms with van der Waals surface area (Å²) in [5, 5.41) is 18.6. The molecule has 2 heterocycles. The van der Waals surface area contributed by atoms with E-state index in [9.17, 15) is 14.7 Å². The molecular weight excluding hydrogens is 222 g/mol. The van der Waals surface area contributed by atoms with Crippen molar-refractivity contribution in [2.24, 2.45) is 5.92 Å². The molecule has 0 aromatic heterocycles. The maximum atomic E-state index is 11.8. The third kappa shape index (κ3) is 1.50. The van der Waals surface area contributed by atoms with Crippen molar-refractivity contribution in [1.29, 1.82) is 0 Å². The van der Waals surface area contributed by atoms with Gasteiger partial charge >= 0.3 is 5.97 Å². The second kappa shape index (κ2) is 3.70. The van der Waals surface area contributed by atoms with E-state index in [4.69, 9.17) is 5.11 Å². The van der Waals surface area contributed by atoms with Crippen molar-refractivity contribution in [2.75, 3.05) is 0 Å². The van der Waals surface area contributed by atoms with Gasteiger partial charge in [0.1, 0.15) is 5.70 Å². The van der Waals surface area contributed by atoms with Gasteiger partial charge in [0.05, 0.1) is 18.1 Å². The number of hydrogen-bond acceptors (Lipinski definition) is 3. The number of fused-ring (bicyclic) bond motifs is 1. The van der Waals surface area contributed by atoms with E-state index in [0.29, 0.717) is 17.6 Å². The Kier molecular flexibility index (Phi) is 2.58. The molecule has 17 heavy (non-hydrogen) atoms. The van der Waals surface area contributed by atoms with Crippen LogP contribution in [-0.2, 0) is 9.59 Å². The Morgan fingerprint density at radius 3 is 2.59 bits per heavy atom. The maximum Gasteiger partial charge on any atom is 0.352 e. The molecule has 2 N–H and O–H groups in total. The number of carboxylic acid groups (broad SMARTS) is 1. The number of nitrogens with zero attached hydrogens (tertiary/aromatic N) is 1. The van der Waals surface area contributed by atoms with Gasteiger partial charge in [-0.2, -0.15) is 0 Å². The number of hydrogen-bond donors (Lipinski definition) is 2. The molecule has 1 saturated heterocycles. The van der Waals surface area contributed by atoms with Gasteiger partial charge in [-0.15, -0.1) is 0 Å². The topological polar surface area (TPSA) is 77.8 Å². The molecule has 0 spiro atoms. The van der Waals surface area contributed by atoms with E-state index in [1.54, 1.807) is 13.8 Å². The van der Waals surface area contributed by atoms with Crippen LogP contribution >= 0.6 is 0 Å². The van der Waals surface area contributed by atoms with Crippen LogP contribution in [0.15, 0.2) is 23.4 Å². The highest BCUT2D eigenvalue weighted by Gasteiger charge is 2.56. The van der Waals surface area contributed by atoms with Gasteiger partial charge in [-0.3, -0.25) is 4.79 Å². The normalized spacial score (nSPS) is 28.9. The number of amides is 1. The molecule has 1 amide bonds. The van der Waals surface area contributed by atoms with Crippen LogP contribution in [0.5, 0.6) is 0 Å². The number of allylic oxidation sites excluding steroid dienone is 1. The molecule has 1 fully saturated rings. The van der Waals surface area contributed by atoms with Gasteiger partial charge in [0.2, 0.25) is 5.91 Å². The first-order chi connectivity index (χ1) is 7.86. The third-order valence-corrected chi connectivity index (χ3v) is 3.45. The lowest BCUT2D eigenvalue weighted by atomic mass is 9.82. The zero-order valence-electron chi connectivity index (χ0n) is 9.80. The maximum absolute atomic E-state index is 11.8. The van der Waals surface area contributed by atoms with Crippen molar-refractivity contribution in [2.45, 2.75) is 32.4 Å². The molecule has 0 radical (unpaired) electrons. The number of carbonyl (C=O) groups excluding carboxylic acids is 1. The lowest BCUT2D eigenvalue weighted by Gasteiger charge is -2.44. The lowest BCUT2D eigenvalue weighted by Crippen LogP contribution is -2.61. The Morgan fingerprint density at radius 2 is 2.18 bits per heavy atom. The quantitative estimate of drug-likeness (QED) is 0.701. The summed E-state index contributed by atoms with van der Waals surface area (Å²) in [6.45, 7) is 7.02. The van der Waals surface area contributed by atoms with Gasteiger partial charge in [0, 0.05) is 0 Å². The van der Waals surface area contributed by atoms with Gasteiger partial charge in [0.25, 0.3) is 0 Å². The van der Waals surface area contributed by atoms with Crippen LogP contribution in [0, 0.1) is 5.92 Å². The van der Waals surface area contributed by atoms with Gasteiger partial charge in [0.15, 0.2) is 0 Å². The number of aliphatic carboxylic acids is 1. The number of carboxylic acids is 1. The van der Waals surface area contributed by atoms with E-state index in [0.717, 1.165) is 0 Å². The van der Waals surface area contributed by atoms with Crippen molar-refractivity contribution < 1.29 is 19.8 Å². The molecule has 2 rings (SSSR count). The van der Waals surface area contributed by atoms with Crippen molar-refractivity contribution in [3.63, 3.8) is 0 Å². The van der Waals surface area contributed by atoms with E-state index >= 15 is 0 Å². The predicted molar refractivity (Wildman–Crippen MR) is 59.9 cm³/mol. The van der Waals surface area contributed by atoms with Gasteiger partial charge < -0.3 is 15.1 Å². The summed E-state index contributed by atoms with van der Waals surface area (Å²) in [4.78, 5) is 24.3. The zero-order valence-corrected chi connectivity index (χ0v) is 9.80. The monoisotopic (exact) mass is 237 g/mol. The molecule has 0 bridgehead atoms. The predicted octanol–water partition coefficient (Wildman–Crippen LogP) is 0.513. The van der Waals surface area contributed by atoms with Crippen LogP contribution in [0.3, 0.4) is 0 Å². The fourth-order valence-electron chi connectivity index (χ4n) is 2.65. The molecule has 92 valence electrons. The molecule has 0 unspecified atom stereocenters.